The fraction of sp³-hybridized carbons (Fsp3) is 0.500. The van der Waals surface area contributed by atoms with Crippen molar-refractivity contribution in [3.8, 4) is 11.5 Å². The summed E-state index contributed by atoms with van der Waals surface area (Å²) < 4.78 is 50.2. The molecule has 29 heavy (non-hydrogen) atoms. The van der Waals surface area contributed by atoms with Crippen LogP contribution in [0.5, 0.6) is 11.5 Å². The summed E-state index contributed by atoms with van der Waals surface area (Å²) in [5.74, 6) is 1.56. The van der Waals surface area contributed by atoms with Crippen molar-refractivity contribution < 1.29 is 27.8 Å². The molecule has 9 heteroatoms. The van der Waals surface area contributed by atoms with Crippen molar-refractivity contribution in [1.82, 2.24) is 9.97 Å². The quantitative estimate of drug-likeness (QED) is 0.837. The molecule has 1 aliphatic carbocycles. The average molecular weight is 409 g/mol. The number of aliphatic hydroxyl groups is 1. The number of aliphatic hydroxyl groups excluding tert-OH is 1. The molecular weight excluding hydrogens is 387 g/mol. The molecule has 4 atom stereocenters. The predicted octanol–water partition coefficient (Wildman–Crippen LogP) is 3.16. The van der Waals surface area contributed by atoms with Crippen LogP contribution in [0.3, 0.4) is 0 Å². The van der Waals surface area contributed by atoms with E-state index in [-0.39, 0.29) is 17.8 Å². The lowest BCUT2D eigenvalue weighted by Gasteiger charge is -2.35. The van der Waals surface area contributed by atoms with Gasteiger partial charge in [-0.2, -0.15) is 13.2 Å². The van der Waals surface area contributed by atoms with E-state index < -0.39 is 24.1 Å². The van der Waals surface area contributed by atoms with Gasteiger partial charge in [0.2, 0.25) is 5.95 Å². The summed E-state index contributed by atoms with van der Waals surface area (Å²) in [5.41, 5.74) is -0.949. The van der Waals surface area contributed by atoms with Crippen LogP contribution in [0.15, 0.2) is 36.5 Å². The zero-order valence-electron chi connectivity index (χ0n) is 15.8. The first-order chi connectivity index (χ1) is 13.8. The standard InChI is InChI=1S/C20H22F3N3O3/c1-28-15-4-2-3-5-16(15)29-17-9-13-11-26(10-12(13)8-14(17)27)19-24-7-6-18(25-19)20(21,22)23/h2-7,12-14,17,27H,8-11H2,1H3/t12-,13+,14+,17+/m0/s1. The van der Waals surface area contributed by atoms with Crippen LogP contribution in [-0.4, -0.2) is 47.5 Å². The van der Waals surface area contributed by atoms with Gasteiger partial charge in [0.05, 0.1) is 13.2 Å². The molecule has 0 spiro atoms. The lowest BCUT2D eigenvalue weighted by atomic mass is 9.78. The molecule has 0 unspecified atom stereocenters. The van der Waals surface area contributed by atoms with Crippen molar-refractivity contribution in [1.29, 1.82) is 0 Å². The van der Waals surface area contributed by atoms with Crippen molar-refractivity contribution in [2.75, 3.05) is 25.1 Å². The van der Waals surface area contributed by atoms with Gasteiger partial charge in [0.1, 0.15) is 11.8 Å². The first kappa shape index (κ1) is 19.8. The maximum absolute atomic E-state index is 13.0. The van der Waals surface area contributed by atoms with E-state index >= 15 is 0 Å². The lowest BCUT2D eigenvalue weighted by Crippen LogP contribution is -2.42. The number of hydrogen-bond acceptors (Lipinski definition) is 6. The van der Waals surface area contributed by atoms with Crippen molar-refractivity contribution in [2.45, 2.75) is 31.2 Å². The molecule has 2 aromatic rings. The summed E-state index contributed by atoms with van der Waals surface area (Å²) in [4.78, 5) is 9.48. The van der Waals surface area contributed by atoms with Crippen LogP contribution in [-0.2, 0) is 6.18 Å². The van der Waals surface area contributed by atoms with Gasteiger partial charge in [0, 0.05) is 19.3 Å². The normalized spacial score (nSPS) is 26.9. The van der Waals surface area contributed by atoms with E-state index in [4.69, 9.17) is 9.47 Å². The molecule has 0 amide bonds. The number of ether oxygens (including phenoxy) is 2. The minimum Gasteiger partial charge on any atom is -0.493 e. The van der Waals surface area contributed by atoms with E-state index in [0.717, 1.165) is 12.3 Å². The Kier molecular flexibility index (Phi) is 5.24. The Bertz CT molecular complexity index is 864. The molecule has 1 aromatic heterocycles. The first-order valence-electron chi connectivity index (χ1n) is 9.48. The van der Waals surface area contributed by atoms with Gasteiger partial charge in [-0.05, 0) is 42.9 Å². The molecule has 1 aromatic carbocycles. The Morgan fingerprint density at radius 1 is 1.07 bits per heavy atom. The number of nitrogens with zero attached hydrogens (tertiary/aromatic N) is 3. The maximum atomic E-state index is 13.0. The molecule has 1 saturated heterocycles. The topological polar surface area (TPSA) is 67.7 Å². The second-order valence-corrected chi connectivity index (χ2v) is 7.51. The largest absolute Gasteiger partial charge is 0.493 e. The molecule has 4 rings (SSSR count). The van der Waals surface area contributed by atoms with Gasteiger partial charge in [-0.25, -0.2) is 9.97 Å². The second-order valence-electron chi connectivity index (χ2n) is 7.51. The Balaban J connectivity index is 1.47. The van der Waals surface area contributed by atoms with Crippen LogP contribution in [0.2, 0.25) is 0 Å². The summed E-state index contributed by atoms with van der Waals surface area (Å²) >= 11 is 0. The maximum Gasteiger partial charge on any atom is 0.433 e. The van der Waals surface area contributed by atoms with Gasteiger partial charge in [-0.3, -0.25) is 0 Å². The molecular formula is C20H22F3N3O3. The Morgan fingerprint density at radius 2 is 1.76 bits per heavy atom. The molecule has 6 nitrogen and oxygen atoms in total. The number of halogens is 3. The number of fused-ring (bicyclic) bond motifs is 1. The molecule has 1 N–H and O–H groups in total. The third kappa shape index (κ3) is 4.10. The number of rotatable bonds is 4. The molecule has 1 saturated carbocycles. The van der Waals surface area contributed by atoms with Gasteiger partial charge >= 0.3 is 6.18 Å². The fourth-order valence-electron chi connectivity index (χ4n) is 4.22. The Hall–Kier alpha value is -2.55. The molecule has 2 fully saturated rings. The van der Waals surface area contributed by atoms with Crippen LogP contribution < -0.4 is 14.4 Å². The number of benzene rings is 1. The van der Waals surface area contributed by atoms with Gasteiger partial charge in [-0.15, -0.1) is 0 Å². The molecule has 0 radical (unpaired) electrons. The van der Waals surface area contributed by atoms with E-state index in [9.17, 15) is 18.3 Å². The van der Waals surface area contributed by atoms with Crippen LogP contribution >= 0.6 is 0 Å². The molecule has 2 heterocycles. The van der Waals surface area contributed by atoms with Crippen molar-refractivity contribution >= 4 is 5.95 Å². The summed E-state index contributed by atoms with van der Waals surface area (Å²) in [6.45, 7) is 1.05. The summed E-state index contributed by atoms with van der Waals surface area (Å²) in [7, 11) is 1.55. The van der Waals surface area contributed by atoms with E-state index in [2.05, 4.69) is 9.97 Å². The third-order valence-corrected chi connectivity index (χ3v) is 5.65. The summed E-state index contributed by atoms with van der Waals surface area (Å²) in [6, 6.07) is 8.11. The van der Waals surface area contributed by atoms with Crippen LogP contribution in [0.4, 0.5) is 19.1 Å². The SMILES string of the molecule is COc1ccccc1O[C@@H]1C[C@@H]2CN(c3nccc(C(F)(F)F)n3)C[C@@H]2C[C@H]1O. The monoisotopic (exact) mass is 409 g/mol. The van der Waals surface area contributed by atoms with Gasteiger partial charge in [0.25, 0.3) is 0 Å². The van der Waals surface area contributed by atoms with Crippen LogP contribution in [0.25, 0.3) is 0 Å². The summed E-state index contributed by atoms with van der Waals surface area (Å²) in [6.07, 6.45) is -3.33. The van der Waals surface area contributed by atoms with Crippen molar-refractivity contribution in [2.24, 2.45) is 11.8 Å². The number of aromatic nitrogens is 2. The van der Waals surface area contributed by atoms with Crippen LogP contribution in [0.1, 0.15) is 18.5 Å². The number of anilines is 1. The van der Waals surface area contributed by atoms with E-state index in [0.29, 0.717) is 37.4 Å². The minimum atomic E-state index is -4.51. The fourth-order valence-corrected chi connectivity index (χ4v) is 4.22. The van der Waals surface area contributed by atoms with E-state index in [1.165, 1.54) is 0 Å². The van der Waals surface area contributed by atoms with E-state index in [1.807, 2.05) is 12.1 Å². The highest BCUT2D eigenvalue weighted by Crippen LogP contribution is 2.40. The van der Waals surface area contributed by atoms with Crippen molar-refractivity contribution in [3.05, 3.63) is 42.2 Å². The third-order valence-electron chi connectivity index (χ3n) is 5.65. The zero-order chi connectivity index (χ0) is 20.6. The highest BCUT2D eigenvalue weighted by molar-refractivity contribution is 5.39. The number of para-hydroxylation sites is 2. The smallest absolute Gasteiger partial charge is 0.433 e. The summed E-state index contributed by atoms with van der Waals surface area (Å²) in [5, 5.41) is 10.6. The zero-order valence-corrected chi connectivity index (χ0v) is 15.8. The number of alkyl halides is 3. The van der Waals surface area contributed by atoms with Crippen molar-refractivity contribution in [3.63, 3.8) is 0 Å². The molecule has 0 bridgehead atoms. The van der Waals surface area contributed by atoms with Gasteiger partial charge in [-0.1, -0.05) is 12.1 Å². The first-order valence-corrected chi connectivity index (χ1v) is 9.48. The predicted molar refractivity (Wildman–Crippen MR) is 98.9 cm³/mol. The lowest BCUT2D eigenvalue weighted by molar-refractivity contribution is -0.141. The highest BCUT2D eigenvalue weighted by Gasteiger charge is 2.44. The molecule has 1 aliphatic heterocycles. The Labute approximate surface area is 166 Å². The number of hydrogen-bond donors (Lipinski definition) is 1. The van der Waals surface area contributed by atoms with Crippen LogP contribution in [0, 0.1) is 11.8 Å². The van der Waals surface area contributed by atoms with Gasteiger partial charge in [0.15, 0.2) is 11.5 Å². The molecule has 2 aliphatic rings. The average Bonchev–Trinajstić information content (AvgIpc) is 3.11. The highest BCUT2D eigenvalue weighted by atomic mass is 19.4. The number of methoxy groups -OCH3 is 1. The van der Waals surface area contributed by atoms with E-state index in [1.54, 1.807) is 24.1 Å². The second kappa shape index (κ2) is 7.70. The molecule has 156 valence electrons. The van der Waals surface area contributed by atoms with Gasteiger partial charge < -0.3 is 19.5 Å². The minimum absolute atomic E-state index is 0.0749. The Morgan fingerprint density at radius 3 is 2.45 bits per heavy atom.